The van der Waals surface area contributed by atoms with Gasteiger partial charge in [0.25, 0.3) is 5.69 Å². The lowest BCUT2D eigenvalue weighted by Crippen LogP contribution is -2.56. The molecule has 5 heteroatoms. The number of aryl methyl sites for hydroxylation is 1. The second kappa shape index (κ2) is 5.64. The molecule has 2 heterocycles. The van der Waals surface area contributed by atoms with Crippen LogP contribution in [0.5, 0.6) is 0 Å². The molecule has 0 bridgehead atoms. The normalized spacial score (nSPS) is 25.9. The summed E-state index contributed by atoms with van der Waals surface area (Å²) in [7, 11) is 0. The van der Waals surface area contributed by atoms with Crippen molar-refractivity contribution in [3.63, 3.8) is 0 Å². The fraction of sp³-hybridized carbons (Fsp3) is 0.625. The van der Waals surface area contributed by atoms with Crippen LogP contribution < -0.4 is 4.90 Å². The Hall–Kier alpha value is -1.62. The number of nitro benzene ring substituents is 1. The van der Waals surface area contributed by atoms with Gasteiger partial charge in [-0.3, -0.25) is 15.0 Å². The zero-order valence-electron chi connectivity index (χ0n) is 12.8. The minimum absolute atomic E-state index is 0.214. The Morgan fingerprint density at radius 1 is 1.38 bits per heavy atom. The minimum Gasteiger partial charge on any atom is -0.366 e. The number of hydrogen-bond donors (Lipinski definition) is 0. The van der Waals surface area contributed by atoms with Gasteiger partial charge in [0.05, 0.1) is 4.92 Å². The molecule has 1 aromatic carbocycles. The van der Waals surface area contributed by atoms with Gasteiger partial charge in [0.1, 0.15) is 0 Å². The van der Waals surface area contributed by atoms with Gasteiger partial charge < -0.3 is 4.90 Å². The van der Waals surface area contributed by atoms with E-state index >= 15 is 0 Å². The molecule has 21 heavy (non-hydrogen) atoms. The number of nitrogens with zero attached hydrogens (tertiary/aromatic N) is 3. The molecule has 2 fully saturated rings. The molecule has 2 aliphatic rings. The van der Waals surface area contributed by atoms with Gasteiger partial charge in [-0.1, -0.05) is 6.92 Å². The van der Waals surface area contributed by atoms with Gasteiger partial charge in [-0.05, 0) is 44.9 Å². The fourth-order valence-corrected chi connectivity index (χ4v) is 3.78. The molecule has 5 nitrogen and oxygen atoms in total. The zero-order chi connectivity index (χ0) is 15.0. The van der Waals surface area contributed by atoms with Crippen LogP contribution in [0, 0.1) is 17.0 Å². The summed E-state index contributed by atoms with van der Waals surface area (Å²) in [5, 5.41) is 11.0. The standard InChI is InChI=1S/C16H23N3O2/c1-3-13-10-17-8-4-5-15(17)11-18(13)14-6-7-16(19(20)21)12(2)9-14/h6-7,9,13,15H,3-5,8,10-11H2,1-2H3. The molecule has 114 valence electrons. The molecule has 0 aromatic heterocycles. The summed E-state index contributed by atoms with van der Waals surface area (Å²) in [5.74, 6) is 0. The van der Waals surface area contributed by atoms with Crippen molar-refractivity contribution in [3.05, 3.63) is 33.9 Å². The second-order valence-corrected chi connectivity index (χ2v) is 6.23. The third kappa shape index (κ3) is 2.62. The van der Waals surface area contributed by atoms with Crippen molar-refractivity contribution in [1.29, 1.82) is 0 Å². The summed E-state index contributed by atoms with van der Waals surface area (Å²) in [6, 6.07) is 6.71. The van der Waals surface area contributed by atoms with E-state index in [1.807, 2.05) is 19.1 Å². The quantitative estimate of drug-likeness (QED) is 0.634. The molecule has 2 aliphatic heterocycles. The van der Waals surface area contributed by atoms with Crippen molar-refractivity contribution in [2.24, 2.45) is 0 Å². The fourth-order valence-electron chi connectivity index (χ4n) is 3.78. The van der Waals surface area contributed by atoms with Crippen LogP contribution in [-0.2, 0) is 0 Å². The van der Waals surface area contributed by atoms with E-state index in [-0.39, 0.29) is 10.6 Å². The Labute approximate surface area is 125 Å². The number of hydrogen-bond acceptors (Lipinski definition) is 4. The Morgan fingerprint density at radius 2 is 2.19 bits per heavy atom. The van der Waals surface area contributed by atoms with Crippen molar-refractivity contribution in [3.8, 4) is 0 Å². The van der Waals surface area contributed by atoms with E-state index in [4.69, 9.17) is 0 Å². The summed E-state index contributed by atoms with van der Waals surface area (Å²) in [5.41, 5.74) is 2.10. The maximum absolute atomic E-state index is 11.0. The molecule has 2 saturated heterocycles. The molecular weight excluding hydrogens is 266 g/mol. The van der Waals surface area contributed by atoms with Crippen LogP contribution >= 0.6 is 0 Å². The number of anilines is 1. The van der Waals surface area contributed by atoms with E-state index in [2.05, 4.69) is 16.7 Å². The van der Waals surface area contributed by atoms with E-state index in [1.165, 1.54) is 19.4 Å². The molecule has 1 aromatic rings. The molecule has 0 N–H and O–H groups in total. The second-order valence-electron chi connectivity index (χ2n) is 6.23. The van der Waals surface area contributed by atoms with Crippen molar-refractivity contribution >= 4 is 11.4 Å². The predicted octanol–water partition coefficient (Wildman–Crippen LogP) is 2.97. The van der Waals surface area contributed by atoms with Crippen molar-refractivity contribution in [2.45, 2.75) is 45.2 Å². The predicted molar refractivity (Wildman–Crippen MR) is 83.9 cm³/mol. The third-order valence-electron chi connectivity index (χ3n) is 4.97. The molecule has 0 amide bonds. The molecule has 0 spiro atoms. The van der Waals surface area contributed by atoms with Gasteiger partial charge >= 0.3 is 0 Å². The summed E-state index contributed by atoms with van der Waals surface area (Å²) in [6.45, 7) is 7.46. The number of rotatable bonds is 3. The summed E-state index contributed by atoms with van der Waals surface area (Å²) >= 11 is 0. The van der Waals surface area contributed by atoms with Gasteiger partial charge in [0.15, 0.2) is 0 Å². The number of fused-ring (bicyclic) bond motifs is 1. The molecule has 3 rings (SSSR count). The maximum Gasteiger partial charge on any atom is 0.272 e. The average Bonchev–Trinajstić information content (AvgIpc) is 2.92. The number of piperazine rings is 1. The Bertz CT molecular complexity index is 546. The lowest BCUT2D eigenvalue weighted by atomic mass is 10.0. The van der Waals surface area contributed by atoms with E-state index in [9.17, 15) is 10.1 Å². The highest BCUT2D eigenvalue weighted by atomic mass is 16.6. The van der Waals surface area contributed by atoms with Crippen LogP contribution in [-0.4, -0.2) is 41.5 Å². The van der Waals surface area contributed by atoms with Gasteiger partial charge in [-0.15, -0.1) is 0 Å². The lowest BCUT2D eigenvalue weighted by molar-refractivity contribution is -0.385. The van der Waals surface area contributed by atoms with Crippen LogP contribution in [0.15, 0.2) is 18.2 Å². The lowest BCUT2D eigenvalue weighted by Gasteiger charge is -2.45. The first-order chi connectivity index (χ1) is 10.1. The van der Waals surface area contributed by atoms with Crippen LogP contribution in [0.25, 0.3) is 0 Å². The molecular formula is C16H23N3O2. The van der Waals surface area contributed by atoms with E-state index in [1.54, 1.807) is 6.07 Å². The van der Waals surface area contributed by atoms with Gasteiger partial charge in [-0.2, -0.15) is 0 Å². The Kier molecular flexibility index (Phi) is 3.85. The Balaban J connectivity index is 1.87. The number of benzene rings is 1. The highest BCUT2D eigenvalue weighted by molar-refractivity contribution is 5.56. The van der Waals surface area contributed by atoms with Gasteiger partial charge in [-0.25, -0.2) is 0 Å². The SMILES string of the molecule is CCC1CN2CCCC2CN1c1ccc([N+](=O)[O-])c(C)c1. The highest BCUT2D eigenvalue weighted by Gasteiger charge is 2.35. The summed E-state index contributed by atoms with van der Waals surface area (Å²) in [4.78, 5) is 15.7. The first-order valence-corrected chi connectivity index (χ1v) is 7.86. The summed E-state index contributed by atoms with van der Waals surface area (Å²) < 4.78 is 0. The van der Waals surface area contributed by atoms with Gasteiger partial charge in [0, 0.05) is 42.5 Å². The average molecular weight is 289 g/mol. The maximum atomic E-state index is 11.0. The third-order valence-corrected chi connectivity index (χ3v) is 4.97. The molecule has 2 atom stereocenters. The van der Waals surface area contributed by atoms with Crippen molar-refractivity contribution in [1.82, 2.24) is 4.90 Å². The smallest absolute Gasteiger partial charge is 0.272 e. The Morgan fingerprint density at radius 3 is 2.86 bits per heavy atom. The van der Waals surface area contributed by atoms with Crippen LogP contribution in [0.4, 0.5) is 11.4 Å². The zero-order valence-corrected chi connectivity index (χ0v) is 12.8. The molecule has 0 aliphatic carbocycles. The summed E-state index contributed by atoms with van der Waals surface area (Å²) in [6.07, 6.45) is 3.69. The highest BCUT2D eigenvalue weighted by Crippen LogP contribution is 2.32. The molecule has 2 unspecified atom stereocenters. The first-order valence-electron chi connectivity index (χ1n) is 7.86. The first kappa shape index (κ1) is 14.3. The van der Waals surface area contributed by atoms with Gasteiger partial charge in [0.2, 0.25) is 0 Å². The van der Waals surface area contributed by atoms with Crippen LogP contribution in [0.2, 0.25) is 0 Å². The minimum atomic E-state index is -0.300. The molecule has 0 radical (unpaired) electrons. The van der Waals surface area contributed by atoms with E-state index in [0.29, 0.717) is 12.1 Å². The van der Waals surface area contributed by atoms with E-state index in [0.717, 1.165) is 30.8 Å². The monoisotopic (exact) mass is 289 g/mol. The molecule has 0 saturated carbocycles. The van der Waals surface area contributed by atoms with Crippen molar-refractivity contribution in [2.75, 3.05) is 24.5 Å². The van der Waals surface area contributed by atoms with Crippen molar-refractivity contribution < 1.29 is 4.92 Å². The topological polar surface area (TPSA) is 49.6 Å². The van der Waals surface area contributed by atoms with Crippen LogP contribution in [0.3, 0.4) is 0 Å². The van der Waals surface area contributed by atoms with Crippen LogP contribution in [0.1, 0.15) is 31.7 Å². The number of nitro groups is 1. The van der Waals surface area contributed by atoms with E-state index < -0.39 is 0 Å². The largest absolute Gasteiger partial charge is 0.366 e.